The summed E-state index contributed by atoms with van der Waals surface area (Å²) in [4.78, 5) is 24.6. The molecule has 2 rings (SSSR count). The summed E-state index contributed by atoms with van der Waals surface area (Å²) in [6, 6.07) is 7.44. The van der Waals surface area contributed by atoms with E-state index in [2.05, 4.69) is 11.9 Å². The fourth-order valence-electron chi connectivity index (χ4n) is 2.97. The highest BCUT2D eigenvalue weighted by atomic mass is 16.6. The van der Waals surface area contributed by atoms with Gasteiger partial charge in [0.05, 0.1) is 13.2 Å². The first-order chi connectivity index (χ1) is 12.1. The van der Waals surface area contributed by atoms with Gasteiger partial charge in [-0.05, 0) is 25.5 Å². The van der Waals surface area contributed by atoms with Crippen LogP contribution >= 0.6 is 0 Å². The van der Waals surface area contributed by atoms with Gasteiger partial charge in [-0.1, -0.05) is 24.8 Å². The smallest absolute Gasteiger partial charge is 0.315 e. The minimum Gasteiger partial charge on any atom is -0.494 e. The predicted molar refractivity (Wildman–Crippen MR) is 93.2 cm³/mol. The molecule has 2 atom stereocenters. The number of rotatable bonds is 8. The third kappa shape index (κ3) is 4.82. The van der Waals surface area contributed by atoms with Crippen LogP contribution in [0.5, 0.6) is 5.75 Å². The number of para-hydroxylation sites is 1. The molecule has 0 saturated carbocycles. The maximum Gasteiger partial charge on any atom is 0.315 e. The summed E-state index contributed by atoms with van der Waals surface area (Å²) < 4.78 is 16.2. The molecule has 0 aliphatic carbocycles. The van der Waals surface area contributed by atoms with E-state index in [1.54, 1.807) is 0 Å². The molecular formula is C19H25NO5. The van der Waals surface area contributed by atoms with Gasteiger partial charge in [0.15, 0.2) is 0 Å². The minimum atomic E-state index is -0.652. The fraction of sp³-hybridized carbons (Fsp3) is 0.474. The Morgan fingerprint density at radius 3 is 2.72 bits per heavy atom. The van der Waals surface area contributed by atoms with E-state index < -0.39 is 11.9 Å². The molecule has 136 valence electrons. The molecule has 0 spiro atoms. The molecule has 6 nitrogen and oxygen atoms in total. The third-order valence-electron chi connectivity index (χ3n) is 4.03. The normalized spacial score (nSPS) is 20.1. The van der Waals surface area contributed by atoms with Crippen LogP contribution in [0.3, 0.4) is 0 Å². The second-order valence-electron chi connectivity index (χ2n) is 5.70. The molecule has 1 saturated heterocycles. The van der Waals surface area contributed by atoms with Gasteiger partial charge in [0, 0.05) is 24.6 Å². The van der Waals surface area contributed by atoms with Crippen LogP contribution in [0.1, 0.15) is 31.7 Å². The van der Waals surface area contributed by atoms with Crippen molar-refractivity contribution in [1.82, 2.24) is 5.32 Å². The number of ether oxygens (including phenoxy) is 3. The number of carbonyl (C=O) groups is 2. The molecule has 1 aromatic carbocycles. The number of hydrogen-bond acceptors (Lipinski definition) is 5. The number of benzene rings is 1. The molecule has 1 aromatic rings. The number of piperidine rings is 1. The number of amides is 1. The zero-order valence-corrected chi connectivity index (χ0v) is 14.7. The van der Waals surface area contributed by atoms with E-state index in [4.69, 9.17) is 14.2 Å². The molecule has 1 amide bonds. The molecule has 25 heavy (non-hydrogen) atoms. The minimum absolute atomic E-state index is 0.167. The number of nitrogens with one attached hydrogen (secondary N) is 1. The van der Waals surface area contributed by atoms with Gasteiger partial charge < -0.3 is 19.5 Å². The highest BCUT2D eigenvalue weighted by Crippen LogP contribution is 2.40. The Hall–Kier alpha value is -2.34. The standard InChI is InChI=1S/C19H25NO5/c1-4-23-10-11-25-19(22)18-13(3)20-17(21)12-15(18)14-8-6-7-9-16(14)24-5-2/h6-9,15,18H,3-5,10-12H2,1-2H3,(H,20,21)/t15-,18+/m0/s1. The van der Waals surface area contributed by atoms with E-state index in [9.17, 15) is 9.59 Å². The van der Waals surface area contributed by atoms with E-state index in [0.29, 0.717) is 31.3 Å². The zero-order chi connectivity index (χ0) is 18.2. The van der Waals surface area contributed by atoms with Crippen LogP contribution in [-0.2, 0) is 19.1 Å². The molecular weight excluding hydrogens is 322 g/mol. The van der Waals surface area contributed by atoms with E-state index in [-0.39, 0.29) is 24.9 Å². The van der Waals surface area contributed by atoms with Crippen molar-refractivity contribution in [3.8, 4) is 5.75 Å². The highest BCUT2D eigenvalue weighted by molar-refractivity contribution is 5.87. The number of esters is 1. The van der Waals surface area contributed by atoms with Crippen LogP contribution < -0.4 is 10.1 Å². The molecule has 6 heteroatoms. The van der Waals surface area contributed by atoms with Crippen molar-refractivity contribution in [3.63, 3.8) is 0 Å². The average Bonchev–Trinajstić information content (AvgIpc) is 2.58. The topological polar surface area (TPSA) is 73.9 Å². The Morgan fingerprint density at radius 2 is 2.00 bits per heavy atom. The third-order valence-corrected chi connectivity index (χ3v) is 4.03. The van der Waals surface area contributed by atoms with Crippen LogP contribution in [0.2, 0.25) is 0 Å². The quantitative estimate of drug-likeness (QED) is 0.577. The molecule has 0 bridgehead atoms. The first kappa shape index (κ1) is 19.0. The molecule has 0 radical (unpaired) electrons. The molecule has 1 aliphatic rings. The van der Waals surface area contributed by atoms with Gasteiger partial charge in [-0.2, -0.15) is 0 Å². The van der Waals surface area contributed by atoms with Crippen molar-refractivity contribution >= 4 is 11.9 Å². The van der Waals surface area contributed by atoms with E-state index in [1.807, 2.05) is 38.1 Å². The summed E-state index contributed by atoms with van der Waals surface area (Å²) in [5.41, 5.74) is 1.17. The van der Waals surface area contributed by atoms with Gasteiger partial charge in [-0.25, -0.2) is 0 Å². The van der Waals surface area contributed by atoms with Crippen LogP contribution in [0.25, 0.3) is 0 Å². The van der Waals surface area contributed by atoms with E-state index in [0.717, 1.165) is 5.56 Å². The summed E-state index contributed by atoms with van der Waals surface area (Å²) >= 11 is 0. The Balaban J connectivity index is 2.24. The Kier molecular flexibility index (Phi) is 7.01. The Morgan fingerprint density at radius 1 is 1.24 bits per heavy atom. The van der Waals surface area contributed by atoms with Gasteiger partial charge >= 0.3 is 5.97 Å². The summed E-state index contributed by atoms with van der Waals surface area (Å²) in [5, 5.41) is 2.66. The highest BCUT2D eigenvalue weighted by Gasteiger charge is 2.40. The first-order valence-corrected chi connectivity index (χ1v) is 8.53. The molecule has 1 heterocycles. The van der Waals surface area contributed by atoms with Gasteiger partial charge in [0.25, 0.3) is 0 Å². The Bertz CT molecular complexity index is 628. The lowest BCUT2D eigenvalue weighted by atomic mass is 9.78. The lowest BCUT2D eigenvalue weighted by Gasteiger charge is -2.32. The molecule has 1 fully saturated rings. The summed E-state index contributed by atoms with van der Waals surface area (Å²) in [5.74, 6) is -0.935. The van der Waals surface area contributed by atoms with Crippen molar-refractivity contribution in [1.29, 1.82) is 0 Å². The largest absolute Gasteiger partial charge is 0.494 e. The second-order valence-corrected chi connectivity index (χ2v) is 5.70. The Labute approximate surface area is 148 Å². The van der Waals surface area contributed by atoms with Crippen LogP contribution in [0, 0.1) is 5.92 Å². The maximum atomic E-state index is 12.6. The fourth-order valence-corrected chi connectivity index (χ4v) is 2.97. The van der Waals surface area contributed by atoms with E-state index in [1.165, 1.54) is 0 Å². The summed E-state index contributed by atoms with van der Waals surface area (Å²) in [7, 11) is 0. The molecule has 1 N–H and O–H groups in total. The molecule has 0 unspecified atom stereocenters. The van der Waals surface area contributed by atoms with E-state index >= 15 is 0 Å². The van der Waals surface area contributed by atoms with Gasteiger partial charge in [0.1, 0.15) is 18.3 Å². The van der Waals surface area contributed by atoms with Crippen LogP contribution in [0.4, 0.5) is 0 Å². The summed E-state index contributed by atoms with van der Waals surface area (Å²) in [6.45, 7) is 9.20. The van der Waals surface area contributed by atoms with Crippen LogP contribution in [0.15, 0.2) is 36.5 Å². The molecule has 0 aromatic heterocycles. The van der Waals surface area contributed by atoms with Crippen molar-refractivity contribution in [2.24, 2.45) is 5.92 Å². The monoisotopic (exact) mass is 347 g/mol. The second kappa shape index (κ2) is 9.22. The lowest BCUT2D eigenvalue weighted by molar-refractivity contribution is -0.150. The maximum absolute atomic E-state index is 12.6. The van der Waals surface area contributed by atoms with Crippen molar-refractivity contribution in [3.05, 3.63) is 42.1 Å². The number of hydrogen-bond donors (Lipinski definition) is 1. The number of carbonyl (C=O) groups excluding carboxylic acids is 2. The lowest BCUT2D eigenvalue weighted by Crippen LogP contribution is -2.41. The van der Waals surface area contributed by atoms with Crippen molar-refractivity contribution in [2.45, 2.75) is 26.2 Å². The predicted octanol–water partition coefficient (Wildman–Crippen LogP) is 2.40. The van der Waals surface area contributed by atoms with Crippen molar-refractivity contribution < 1.29 is 23.8 Å². The molecule has 1 aliphatic heterocycles. The SMILES string of the molecule is C=C1NC(=O)C[C@@H](c2ccccc2OCC)[C@@H]1C(=O)OCCOCC. The first-order valence-electron chi connectivity index (χ1n) is 8.53. The zero-order valence-electron chi connectivity index (χ0n) is 14.7. The van der Waals surface area contributed by atoms with Gasteiger partial charge in [-0.3, -0.25) is 9.59 Å². The van der Waals surface area contributed by atoms with Gasteiger partial charge in [0.2, 0.25) is 5.91 Å². The van der Waals surface area contributed by atoms with Crippen molar-refractivity contribution in [2.75, 3.05) is 26.4 Å². The summed E-state index contributed by atoms with van der Waals surface area (Å²) in [6.07, 6.45) is 0.175. The van der Waals surface area contributed by atoms with Gasteiger partial charge in [-0.15, -0.1) is 0 Å². The van der Waals surface area contributed by atoms with Crippen LogP contribution in [-0.4, -0.2) is 38.3 Å². The average molecular weight is 347 g/mol.